The van der Waals surface area contributed by atoms with Crippen LogP contribution in [0.25, 0.3) is 0 Å². The Morgan fingerprint density at radius 1 is 1.17 bits per heavy atom. The van der Waals surface area contributed by atoms with Crippen LogP contribution in [0.3, 0.4) is 0 Å². The van der Waals surface area contributed by atoms with Crippen molar-refractivity contribution in [2.75, 3.05) is 31.2 Å². The van der Waals surface area contributed by atoms with Crippen LogP contribution < -0.4 is 9.64 Å². The van der Waals surface area contributed by atoms with Gasteiger partial charge in [-0.3, -0.25) is 0 Å². The van der Waals surface area contributed by atoms with Crippen LogP contribution in [0.4, 0.5) is 5.69 Å². The van der Waals surface area contributed by atoms with E-state index in [4.69, 9.17) is 9.47 Å². The van der Waals surface area contributed by atoms with Crippen molar-refractivity contribution in [2.24, 2.45) is 0 Å². The monoisotopic (exact) mass is 516 g/mol. The molecule has 2 aliphatic heterocycles. The van der Waals surface area contributed by atoms with Gasteiger partial charge in [-0.15, -0.1) is 0 Å². The number of fused-ring (bicyclic) bond motifs is 1. The zero-order valence-electron chi connectivity index (χ0n) is 21.5. The maximum atomic E-state index is 13.8. The molecule has 2 aromatic carbocycles. The minimum Gasteiger partial charge on any atom is -0.485 e. The second kappa shape index (κ2) is 12.4. The number of hydrogen-bond donors (Lipinski definition) is 1. The van der Waals surface area contributed by atoms with Crippen molar-refractivity contribution >= 4 is 15.7 Å². The molecular weight excluding hydrogens is 476 g/mol. The average molecular weight is 517 g/mol. The molecule has 0 spiro atoms. The van der Waals surface area contributed by atoms with Crippen LogP contribution in [0.2, 0.25) is 0 Å². The molecule has 0 bridgehead atoms. The van der Waals surface area contributed by atoms with E-state index < -0.39 is 16.1 Å². The molecule has 7 nitrogen and oxygen atoms in total. The van der Waals surface area contributed by atoms with E-state index in [0.29, 0.717) is 12.4 Å². The maximum Gasteiger partial charge on any atom is 0.247 e. The van der Waals surface area contributed by atoms with E-state index in [1.165, 1.54) is 0 Å². The second-order valence-corrected chi connectivity index (χ2v) is 11.8. The first-order valence-electron chi connectivity index (χ1n) is 13.3. The molecule has 0 amide bonds. The molecule has 8 heteroatoms. The van der Waals surface area contributed by atoms with Crippen LogP contribution in [0.15, 0.2) is 53.4 Å². The molecule has 1 N–H and O–H groups in total. The fourth-order valence-electron chi connectivity index (χ4n) is 5.21. The third kappa shape index (κ3) is 6.22. The molecule has 1 saturated heterocycles. The van der Waals surface area contributed by atoms with Gasteiger partial charge in [0.1, 0.15) is 16.7 Å². The minimum absolute atomic E-state index is 0.0468. The molecule has 2 heterocycles. The van der Waals surface area contributed by atoms with Crippen molar-refractivity contribution in [3.05, 3.63) is 54.1 Å². The van der Waals surface area contributed by atoms with Gasteiger partial charge in [0.05, 0.1) is 32.4 Å². The second-order valence-electron chi connectivity index (χ2n) is 9.96. The highest BCUT2D eigenvalue weighted by atomic mass is 32.2. The number of ether oxygens (including phenoxy) is 2. The number of nitrogens with zero attached hydrogens (tertiary/aromatic N) is 2. The number of hydrogen-bond acceptors (Lipinski definition) is 6. The lowest BCUT2D eigenvalue weighted by atomic mass is 10.1. The molecule has 0 radical (unpaired) electrons. The van der Waals surface area contributed by atoms with Crippen molar-refractivity contribution in [1.29, 1.82) is 0 Å². The first kappa shape index (κ1) is 26.9. The van der Waals surface area contributed by atoms with E-state index in [1.54, 1.807) is 10.4 Å². The molecule has 4 rings (SSSR count). The molecule has 1 fully saturated rings. The van der Waals surface area contributed by atoms with Gasteiger partial charge in [-0.1, -0.05) is 56.5 Å². The normalized spacial score (nSPS) is 22.6. The molecular formula is C28H40N2O5S. The molecule has 36 heavy (non-hydrogen) atoms. The van der Waals surface area contributed by atoms with Gasteiger partial charge in [0.25, 0.3) is 0 Å². The molecule has 0 unspecified atom stereocenters. The Kier molecular flexibility index (Phi) is 9.28. The van der Waals surface area contributed by atoms with Crippen LogP contribution in [0.5, 0.6) is 5.75 Å². The molecule has 0 aliphatic carbocycles. The van der Waals surface area contributed by atoms with Gasteiger partial charge in [0.15, 0.2) is 0 Å². The molecule has 2 aliphatic rings. The van der Waals surface area contributed by atoms with Gasteiger partial charge in [-0.05, 0) is 43.9 Å². The van der Waals surface area contributed by atoms with E-state index in [-0.39, 0.29) is 36.7 Å². The van der Waals surface area contributed by atoms with Crippen molar-refractivity contribution in [2.45, 2.75) is 82.1 Å². The Bertz CT molecular complexity index is 1080. The van der Waals surface area contributed by atoms with Gasteiger partial charge < -0.3 is 19.5 Å². The first-order chi connectivity index (χ1) is 17.4. The van der Waals surface area contributed by atoms with E-state index >= 15 is 0 Å². The van der Waals surface area contributed by atoms with E-state index in [0.717, 1.165) is 56.3 Å². The highest BCUT2D eigenvalue weighted by molar-refractivity contribution is 7.89. The van der Waals surface area contributed by atoms with Crippen molar-refractivity contribution < 1.29 is 23.0 Å². The van der Waals surface area contributed by atoms with Crippen LogP contribution >= 0.6 is 0 Å². The van der Waals surface area contributed by atoms with Gasteiger partial charge in [0.2, 0.25) is 10.0 Å². The summed E-state index contributed by atoms with van der Waals surface area (Å²) in [7, 11) is -3.74. The number of aliphatic hydroxyl groups is 1. The van der Waals surface area contributed by atoms with Gasteiger partial charge in [0, 0.05) is 24.3 Å². The third-order valence-electron chi connectivity index (χ3n) is 7.24. The lowest BCUT2D eigenvalue weighted by Crippen LogP contribution is -2.44. The summed E-state index contributed by atoms with van der Waals surface area (Å²) < 4.78 is 41.7. The Balaban J connectivity index is 1.60. The predicted molar refractivity (Wildman–Crippen MR) is 142 cm³/mol. The van der Waals surface area contributed by atoms with Crippen molar-refractivity contribution in [3.8, 4) is 5.75 Å². The summed E-state index contributed by atoms with van der Waals surface area (Å²) >= 11 is 0. The van der Waals surface area contributed by atoms with Crippen LogP contribution in [-0.2, 0) is 21.4 Å². The SMILES string of the molecule is CCCCC[C@H](C)N1C[C@@H](COCc2ccccc2)Oc2cc(N3CCC[C@H]3CO)ccc2S1(=O)=O. The largest absolute Gasteiger partial charge is 0.485 e. The van der Waals surface area contributed by atoms with E-state index in [2.05, 4.69) is 11.8 Å². The lowest BCUT2D eigenvalue weighted by molar-refractivity contribution is 0.0310. The van der Waals surface area contributed by atoms with Crippen molar-refractivity contribution in [3.63, 3.8) is 0 Å². The predicted octanol–water partition coefficient (Wildman–Crippen LogP) is 4.59. The molecule has 3 atom stereocenters. The fourth-order valence-corrected chi connectivity index (χ4v) is 7.00. The number of rotatable bonds is 11. The number of aliphatic hydroxyl groups excluding tert-OH is 1. The van der Waals surface area contributed by atoms with Crippen LogP contribution in [0, 0.1) is 0 Å². The summed E-state index contributed by atoms with van der Waals surface area (Å²) in [6.45, 7) is 6.03. The zero-order chi connectivity index (χ0) is 25.5. The van der Waals surface area contributed by atoms with E-state index in [9.17, 15) is 13.5 Å². The zero-order valence-corrected chi connectivity index (χ0v) is 22.3. The Morgan fingerprint density at radius 2 is 1.97 bits per heavy atom. The molecule has 198 valence electrons. The topological polar surface area (TPSA) is 79.3 Å². The van der Waals surface area contributed by atoms with E-state index in [1.807, 2.05) is 49.4 Å². The van der Waals surface area contributed by atoms with Crippen molar-refractivity contribution in [1.82, 2.24) is 4.31 Å². The summed E-state index contributed by atoms with van der Waals surface area (Å²) in [6, 6.07) is 15.2. The molecule has 0 saturated carbocycles. The first-order valence-corrected chi connectivity index (χ1v) is 14.7. The molecule has 2 aromatic rings. The fraction of sp³-hybridized carbons (Fsp3) is 0.571. The highest BCUT2D eigenvalue weighted by Crippen LogP contribution is 2.37. The Morgan fingerprint density at radius 3 is 2.72 bits per heavy atom. The molecule has 0 aromatic heterocycles. The van der Waals surface area contributed by atoms with Gasteiger partial charge >= 0.3 is 0 Å². The maximum absolute atomic E-state index is 13.8. The minimum atomic E-state index is -3.74. The number of sulfonamides is 1. The highest BCUT2D eigenvalue weighted by Gasteiger charge is 2.38. The summed E-state index contributed by atoms with van der Waals surface area (Å²) in [5.74, 6) is 0.368. The number of unbranched alkanes of at least 4 members (excludes halogenated alkanes) is 2. The quantitative estimate of drug-likeness (QED) is 0.440. The van der Waals surface area contributed by atoms with Gasteiger partial charge in [-0.2, -0.15) is 4.31 Å². The Hall–Kier alpha value is -2.13. The van der Waals surface area contributed by atoms with Gasteiger partial charge in [-0.25, -0.2) is 8.42 Å². The van der Waals surface area contributed by atoms with Crippen LogP contribution in [0.1, 0.15) is 57.9 Å². The Labute approximate surface area is 216 Å². The number of benzene rings is 2. The third-order valence-corrected chi connectivity index (χ3v) is 9.26. The summed E-state index contributed by atoms with van der Waals surface area (Å²) in [5, 5.41) is 9.79. The number of anilines is 1. The average Bonchev–Trinajstić information content (AvgIpc) is 3.32. The summed E-state index contributed by atoms with van der Waals surface area (Å²) in [4.78, 5) is 2.35. The summed E-state index contributed by atoms with van der Waals surface area (Å²) in [5.41, 5.74) is 1.95. The standard InChI is InChI=1S/C28H40N2O5S/c1-3-4-6-10-22(2)30-18-26(21-34-20-23-11-7-5-8-12-23)35-27-17-24(14-15-28(27)36(30,32)33)29-16-9-13-25(29)19-31/h5,7-8,11-12,14-15,17,22,25-26,31H,3-4,6,9-10,13,16,18-21H2,1-2H3/t22-,25-,26-/m0/s1. The smallest absolute Gasteiger partial charge is 0.247 e. The van der Waals surface area contributed by atoms with Crippen LogP contribution in [-0.4, -0.2) is 62.3 Å². The summed E-state index contributed by atoms with van der Waals surface area (Å²) in [6.07, 6.45) is 5.47. The lowest BCUT2D eigenvalue weighted by Gasteiger charge is -2.28.